The van der Waals surface area contributed by atoms with Crippen molar-refractivity contribution in [2.45, 2.75) is 13.8 Å². The van der Waals surface area contributed by atoms with Crippen molar-refractivity contribution in [1.29, 1.82) is 10.8 Å². The highest BCUT2D eigenvalue weighted by Gasteiger charge is 1.91. The molecule has 0 aromatic rings. The largest absolute Gasteiger partial charge is 0.370 e. The summed E-state index contributed by atoms with van der Waals surface area (Å²) in [5, 5.41) is 16.0. The summed E-state index contributed by atoms with van der Waals surface area (Å²) in [6.07, 6.45) is 0. The molecule has 5 nitrogen and oxygen atoms in total. The van der Waals surface area contributed by atoms with Crippen molar-refractivity contribution in [3.8, 4) is 0 Å². The highest BCUT2D eigenvalue weighted by atomic mass is 15.2. The van der Waals surface area contributed by atoms with Crippen LogP contribution in [-0.2, 0) is 0 Å². The van der Waals surface area contributed by atoms with Gasteiger partial charge in [0.1, 0.15) is 0 Å². The van der Waals surface area contributed by atoms with Gasteiger partial charge in [-0.3, -0.25) is 16.1 Å². The summed E-state index contributed by atoms with van der Waals surface area (Å²) in [5.74, 6) is -0.373. The minimum atomic E-state index is -0.269. The van der Waals surface area contributed by atoms with Crippen LogP contribution in [0.25, 0.3) is 0 Å². The normalized spacial score (nSPS) is 8.20. The topological polar surface area (TPSA) is 98.1 Å². The first-order chi connectivity index (χ1) is 4.52. The number of rotatable bonds is 0. The molecule has 10 heavy (non-hydrogen) atoms. The lowest BCUT2D eigenvalue weighted by atomic mass is 10.5. The molecule has 0 aromatic carbocycles. The summed E-state index contributed by atoms with van der Waals surface area (Å²) >= 11 is 0. The van der Waals surface area contributed by atoms with Crippen LogP contribution in [0.15, 0.2) is 4.99 Å². The minimum absolute atomic E-state index is 0.104. The fourth-order valence-electron chi connectivity index (χ4n) is 0.379. The molecule has 0 atom stereocenters. The summed E-state index contributed by atoms with van der Waals surface area (Å²) in [4.78, 5) is 3.69. The molecule has 56 valence electrons. The van der Waals surface area contributed by atoms with Gasteiger partial charge in [0.05, 0.1) is 0 Å². The van der Waals surface area contributed by atoms with Gasteiger partial charge in [-0.05, 0) is 13.8 Å². The predicted molar refractivity (Wildman–Crippen MR) is 41.6 cm³/mol. The molecule has 0 unspecified atom stereocenters. The maximum Gasteiger partial charge on any atom is 0.221 e. The van der Waals surface area contributed by atoms with E-state index in [9.17, 15) is 0 Å². The number of aliphatic imine (C=N–C) groups is 1. The number of hydrogen-bond donors (Lipinski definition) is 4. The Morgan fingerprint density at radius 3 is 2.20 bits per heavy atom. The Morgan fingerprint density at radius 1 is 1.40 bits per heavy atom. The molecule has 0 aromatic heterocycles. The lowest BCUT2D eigenvalue weighted by Crippen LogP contribution is -2.34. The van der Waals surface area contributed by atoms with Crippen LogP contribution in [0, 0.1) is 10.8 Å². The van der Waals surface area contributed by atoms with E-state index in [-0.39, 0.29) is 11.9 Å². The summed E-state index contributed by atoms with van der Waals surface area (Å²) in [6.45, 7) is 3.52. The molecule has 0 saturated carbocycles. The molecule has 5 heteroatoms. The second-order valence-electron chi connectivity index (χ2n) is 1.95. The van der Waals surface area contributed by atoms with Gasteiger partial charge in [0.2, 0.25) is 5.96 Å². The molecule has 0 amide bonds. The lowest BCUT2D eigenvalue weighted by Gasteiger charge is -1.98. The number of hydrogen-bond acceptors (Lipinski definition) is 2. The van der Waals surface area contributed by atoms with Gasteiger partial charge in [0, 0.05) is 5.71 Å². The molecule has 5 N–H and O–H groups in total. The third kappa shape index (κ3) is 4.76. The first-order valence-corrected chi connectivity index (χ1v) is 2.74. The van der Waals surface area contributed by atoms with Gasteiger partial charge in [0.15, 0.2) is 5.96 Å². The smallest absolute Gasteiger partial charge is 0.221 e. The maximum absolute atomic E-state index is 7.03. The molecule has 0 aliphatic heterocycles. The highest BCUT2D eigenvalue weighted by molar-refractivity contribution is 6.01. The molecule has 0 fully saturated rings. The van der Waals surface area contributed by atoms with Crippen LogP contribution in [0.2, 0.25) is 0 Å². The Labute approximate surface area is 59.4 Å². The van der Waals surface area contributed by atoms with Gasteiger partial charge in [-0.2, -0.15) is 0 Å². The van der Waals surface area contributed by atoms with Crippen molar-refractivity contribution in [2.24, 2.45) is 10.7 Å². The average molecular weight is 141 g/mol. The second kappa shape index (κ2) is 3.60. The SMILES string of the molecule is CC(C)=NC(=N)NC(=N)N. The molecule has 0 aliphatic carbocycles. The number of guanidine groups is 2. The molecule has 0 radical (unpaired) electrons. The Morgan fingerprint density at radius 2 is 1.90 bits per heavy atom. The first-order valence-electron chi connectivity index (χ1n) is 2.74. The van der Waals surface area contributed by atoms with Gasteiger partial charge in [-0.1, -0.05) is 0 Å². The van der Waals surface area contributed by atoms with E-state index >= 15 is 0 Å². The second-order valence-corrected chi connectivity index (χ2v) is 1.95. The third-order valence-corrected chi connectivity index (χ3v) is 0.588. The number of nitrogens with one attached hydrogen (secondary N) is 3. The van der Waals surface area contributed by atoms with Crippen molar-refractivity contribution < 1.29 is 0 Å². The van der Waals surface area contributed by atoms with Crippen molar-refractivity contribution >= 4 is 17.6 Å². The Hall–Kier alpha value is -1.39. The van der Waals surface area contributed by atoms with Crippen LogP contribution in [0.4, 0.5) is 0 Å². The van der Waals surface area contributed by atoms with Crippen LogP contribution < -0.4 is 11.1 Å². The highest BCUT2D eigenvalue weighted by Crippen LogP contribution is 1.74. The van der Waals surface area contributed by atoms with Crippen LogP contribution in [0.5, 0.6) is 0 Å². The fourth-order valence-corrected chi connectivity index (χ4v) is 0.379. The van der Waals surface area contributed by atoms with Crippen molar-refractivity contribution in [1.82, 2.24) is 5.32 Å². The summed E-state index contributed by atoms with van der Waals surface area (Å²) in [6, 6.07) is 0. The van der Waals surface area contributed by atoms with Crippen molar-refractivity contribution in [3.63, 3.8) is 0 Å². The van der Waals surface area contributed by atoms with Gasteiger partial charge in [-0.15, -0.1) is 0 Å². The van der Waals surface area contributed by atoms with Crippen molar-refractivity contribution in [2.75, 3.05) is 0 Å². The molecular formula is C5H11N5. The van der Waals surface area contributed by atoms with Gasteiger partial charge in [-0.25, -0.2) is 4.99 Å². The van der Waals surface area contributed by atoms with E-state index in [1.54, 1.807) is 13.8 Å². The molecule has 0 rings (SSSR count). The molecule has 0 spiro atoms. The first kappa shape index (κ1) is 8.61. The fraction of sp³-hybridized carbons (Fsp3) is 0.400. The van der Waals surface area contributed by atoms with Crippen molar-refractivity contribution in [3.05, 3.63) is 0 Å². The number of nitrogens with two attached hydrogens (primary N) is 1. The zero-order valence-corrected chi connectivity index (χ0v) is 6.02. The number of nitrogens with zero attached hydrogens (tertiary/aromatic N) is 1. The van der Waals surface area contributed by atoms with E-state index in [4.69, 9.17) is 16.6 Å². The van der Waals surface area contributed by atoms with E-state index in [2.05, 4.69) is 10.3 Å². The summed E-state index contributed by atoms with van der Waals surface area (Å²) in [7, 11) is 0. The maximum atomic E-state index is 7.03. The predicted octanol–water partition coefficient (Wildman–Crippen LogP) is -0.115. The molecule has 0 heterocycles. The summed E-state index contributed by atoms with van der Waals surface area (Å²) in [5.41, 5.74) is 5.68. The standard InChI is InChI=1S/C5H11N5/c1-3(2)9-5(8)10-4(6)7/h1-2H3,(H5,6,7,8,10). The zero-order chi connectivity index (χ0) is 8.15. The van der Waals surface area contributed by atoms with Crippen LogP contribution >= 0.6 is 0 Å². The quantitative estimate of drug-likeness (QED) is 0.279. The molecule has 0 aliphatic rings. The van der Waals surface area contributed by atoms with Crippen LogP contribution in [-0.4, -0.2) is 17.6 Å². The van der Waals surface area contributed by atoms with E-state index in [0.717, 1.165) is 5.71 Å². The van der Waals surface area contributed by atoms with Gasteiger partial charge in [0.25, 0.3) is 0 Å². The lowest BCUT2D eigenvalue weighted by molar-refractivity contribution is 1.18. The van der Waals surface area contributed by atoms with E-state index in [1.807, 2.05) is 0 Å². The van der Waals surface area contributed by atoms with Crippen LogP contribution in [0.3, 0.4) is 0 Å². The average Bonchev–Trinajstić information content (AvgIpc) is 1.58. The van der Waals surface area contributed by atoms with E-state index < -0.39 is 0 Å². The third-order valence-electron chi connectivity index (χ3n) is 0.588. The van der Waals surface area contributed by atoms with E-state index in [1.165, 1.54) is 0 Å². The Bertz CT molecular complexity index is 176. The molecule has 0 saturated heterocycles. The van der Waals surface area contributed by atoms with Crippen LogP contribution in [0.1, 0.15) is 13.8 Å². The monoisotopic (exact) mass is 141 g/mol. The zero-order valence-electron chi connectivity index (χ0n) is 6.02. The van der Waals surface area contributed by atoms with Gasteiger partial charge < -0.3 is 5.73 Å². The Balaban J connectivity index is 3.88. The van der Waals surface area contributed by atoms with E-state index in [0.29, 0.717) is 0 Å². The molecular weight excluding hydrogens is 130 g/mol. The van der Waals surface area contributed by atoms with Gasteiger partial charge >= 0.3 is 0 Å². The summed E-state index contributed by atoms with van der Waals surface area (Å²) < 4.78 is 0. The molecule has 0 bridgehead atoms. The Kier molecular flexibility index (Phi) is 3.10. The minimum Gasteiger partial charge on any atom is -0.370 e.